The summed E-state index contributed by atoms with van der Waals surface area (Å²) in [5.74, 6) is 0.660. The predicted octanol–water partition coefficient (Wildman–Crippen LogP) is 6.04. The topological polar surface area (TPSA) is 132 Å². The highest BCUT2D eigenvalue weighted by Gasteiger charge is 2.45. The van der Waals surface area contributed by atoms with Crippen molar-refractivity contribution in [3.05, 3.63) is 83.6 Å². The van der Waals surface area contributed by atoms with Crippen molar-refractivity contribution in [1.29, 1.82) is 0 Å². The standard InChI is InChI=1S/C32H38N2O7S3/c1-7-33-27-16-14-23(43(36,37)38)20-25(27)31(3,4)29(33)12-9-8-10-13-30-32(5,6)26-21-24(44(39,40)41)15-17-28(26)34(30)18-11-19-42-22(2)35/h8-10,12-17,20-21H,7,11,18-19H2,1-6H3,(H-,36,37,38,39,40,41)/p+1. The molecule has 0 unspecified atom stereocenters. The summed E-state index contributed by atoms with van der Waals surface area (Å²) in [6, 6.07) is 9.31. The first-order chi connectivity index (χ1) is 20.4. The molecule has 0 radical (unpaired) electrons. The van der Waals surface area contributed by atoms with Crippen molar-refractivity contribution in [1.82, 2.24) is 0 Å². The number of carbonyl (C=O) groups is 1. The molecule has 12 heteroatoms. The maximum absolute atomic E-state index is 11.9. The van der Waals surface area contributed by atoms with E-state index in [0.717, 1.165) is 40.3 Å². The van der Waals surface area contributed by atoms with Crippen molar-refractivity contribution in [3.8, 4) is 0 Å². The Bertz CT molecular complexity index is 1830. The van der Waals surface area contributed by atoms with Crippen molar-refractivity contribution < 1.29 is 35.3 Å². The number of nitrogens with zero attached hydrogens (tertiary/aromatic N) is 2. The van der Waals surface area contributed by atoms with E-state index >= 15 is 0 Å². The third kappa shape index (κ3) is 6.64. The van der Waals surface area contributed by atoms with Gasteiger partial charge in [-0.15, -0.1) is 0 Å². The third-order valence-electron chi connectivity index (χ3n) is 8.20. The maximum Gasteiger partial charge on any atom is 0.294 e. The fraction of sp³-hybridized carbons (Fsp3) is 0.375. The Hall–Kier alpha value is -3.03. The number of hydrogen-bond acceptors (Lipinski definition) is 7. The summed E-state index contributed by atoms with van der Waals surface area (Å²) in [5, 5.41) is 0.0577. The normalized spacial score (nSPS) is 18.5. The van der Waals surface area contributed by atoms with Gasteiger partial charge in [-0.2, -0.15) is 21.4 Å². The van der Waals surface area contributed by atoms with Gasteiger partial charge in [0.05, 0.1) is 15.2 Å². The van der Waals surface area contributed by atoms with Gasteiger partial charge in [-0.25, -0.2) is 0 Å². The van der Waals surface area contributed by atoms with Crippen molar-refractivity contribution in [2.75, 3.05) is 23.7 Å². The number of benzene rings is 2. The zero-order chi connectivity index (χ0) is 32.7. The minimum Gasteiger partial charge on any atom is -0.344 e. The van der Waals surface area contributed by atoms with Crippen LogP contribution in [0, 0.1) is 0 Å². The van der Waals surface area contributed by atoms with Crippen LogP contribution >= 0.6 is 11.8 Å². The van der Waals surface area contributed by atoms with Gasteiger partial charge in [-0.05, 0) is 62.7 Å². The van der Waals surface area contributed by atoms with Gasteiger partial charge in [-0.1, -0.05) is 43.8 Å². The summed E-state index contributed by atoms with van der Waals surface area (Å²) in [6.07, 6.45) is 10.5. The molecule has 2 N–H and O–H groups in total. The quantitative estimate of drug-likeness (QED) is 0.136. The van der Waals surface area contributed by atoms with Crippen LogP contribution in [0.15, 0.2) is 82.3 Å². The minimum absolute atomic E-state index is 0.0577. The van der Waals surface area contributed by atoms with Gasteiger partial charge in [-0.3, -0.25) is 13.9 Å². The molecule has 0 atom stereocenters. The van der Waals surface area contributed by atoms with E-state index in [1.807, 2.05) is 65.0 Å². The first kappa shape index (κ1) is 33.9. The van der Waals surface area contributed by atoms with Crippen molar-refractivity contribution in [3.63, 3.8) is 0 Å². The molecule has 0 saturated carbocycles. The molecule has 2 aliphatic heterocycles. The van der Waals surface area contributed by atoms with Gasteiger partial charge in [0.2, 0.25) is 5.69 Å². The summed E-state index contributed by atoms with van der Waals surface area (Å²) in [5.41, 5.74) is 4.20. The Balaban J connectivity index is 1.66. The lowest BCUT2D eigenvalue weighted by Crippen LogP contribution is -2.28. The molecule has 0 aromatic heterocycles. The van der Waals surface area contributed by atoms with Crippen LogP contribution in [0.5, 0.6) is 0 Å². The first-order valence-electron chi connectivity index (χ1n) is 14.3. The van der Waals surface area contributed by atoms with Gasteiger partial charge in [0.25, 0.3) is 20.2 Å². The predicted molar refractivity (Wildman–Crippen MR) is 175 cm³/mol. The van der Waals surface area contributed by atoms with E-state index in [9.17, 15) is 30.7 Å². The van der Waals surface area contributed by atoms with Crippen LogP contribution in [0.4, 0.5) is 11.4 Å². The average molecular weight is 660 g/mol. The lowest BCUT2D eigenvalue weighted by Gasteiger charge is -2.25. The van der Waals surface area contributed by atoms with Crippen molar-refractivity contribution in [2.24, 2.45) is 0 Å². The highest BCUT2D eigenvalue weighted by atomic mass is 32.2. The van der Waals surface area contributed by atoms with E-state index in [0.29, 0.717) is 18.8 Å². The SMILES string of the molecule is CCN1\C(=C/C=C/C=C/C2=[N+](CCCSC(C)=O)c3ccc(S(=O)(=O)O)cc3C2(C)C)C(C)(C)c2cc(S(=O)(=O)O)ccc21. The van der Waals surface area contributed by atoms with Gasteiger partial charge in [0, 0.05) is 60.1 Å². The van der Waals surface area contributed by atoms with Gasteiger partial charge >= 0.3 is 0 Å². The van der Waals surface area contributed by atoms with Gasteiger partial charge in [0.1, 0.15) is 6.54 Å². The smallest absolute Gasteiger partial charge is 0.294 e. The second kappa shape index (κ2) is 12.4. The van der Waals surface area contributed by atoms with Crippen LogP contribution in [0.1, 0.15) is 59.1 Å². The molecular formula is C32H39N2O7S3+. The number of fused-ring (bicyclic) bond motifs is 2. The molecule has 236 valence electrons. The number of likely N-dealkylation sites (N-methyl/N-ethyl adjacent to an activating group) is 1. The van der Waals surface area contributed by atoms with Crippen LogP contribution in [-0.4, -0.2) is 60.2 Å². The zero-order valence-electron chi connectivity index (χ0n) is 25.7. The average Bonchev–Trinajstić information content (AvgIpc) is 3.27. The van der Waals surface area contributed by atoms with Crippen LogP contribution in [-0.2, 0) is 35.9 Å². The Morgan fingerprint density at radius 1 is 0.909 bits per heavy atom. The largest absolute Gasteiger partial charge is 0.344 e. The molecule has 0 amide bonds. The summed E-state index contributed by atoms with van der Waals surface area (Å²) in [4.78, 5) is 13.3. The molecule has 2 aromatic carbocycles. The van der Waals surface area contributed by atoms with E-state index < -0.39 is 31.1 Å². The lowest BCUT2D eigenvalue weighted by atomic mass is 9.81. The molecule has 0 bridgehead atoms. The number of allylic oxidation sites excluding steroid dienone is 6. The minimum atomic E-state index is -4.37. The molecular weight excluding hydrogens is 621 g/mol. The highest BCUT2D eigenvalue weighted by molar-refractivity contribution is 8.13. The number of hydrogen-bond donors (Lipinski definition) is 2. The fourth-order valence-corrected chi connectivity index (χ4v) is 7.58. The summed E-state index contributed by atoms with van der Waals surface area (Å²) >= 11 is 1.27. The molecule has 4 rings (SSSR count). The second-order valence-electron chi connectivity index (χ2n) is 11.8. The molecule has 44 heavy (non-hydrogen) atoms. The number of carbonyl (C=O) groups excluding carboxylic acids is 1. The van der Waals surface area contributed by atoms with E-state index in [2.05, 4.69) is 9.48 Å². The van der Waals surface area contributed by atoms with Crippen LogP contribution < -0.4 is 4.90 Å². The maximum atomic E-state index is 11.9. The molecule has 2 aliphatic rings. The second-order valence-corrected chi connectivity index (χ2v) is 15.9. The molecule has 9 nitrogen and oxygen atoms in total. The zero-order valence-corrected chi connectivity index (χ0v) is 28.2. The Morgan fingerprint density at radius 3 is 2.11 bits per heavy atom. The Labute approximate surface area is 264 Å². The summed E-state index contributed by atoms with van der Waals surface area (Å²) in [7, 11) is -8.70. The fourth-order valence-electron chi connectivity index (χ4n) is 6.01. The van der Waals surface area contributed by atoms with Gasteiger partial charge in [0.15, 0.2) is 10.8 Å². The lowest BCUT2D eigenvalue weighted by molar-refractivity contribution is -0.437. The van der Waals surface area contributed by atoms with Crippen molar-refractivity contribution in [2.45, 2.75) is 68.6 Å². The Kier molecular flexibility index (Phi) is 9.54. The van der Waals surface area contributed by atoms with Crippen LogP contribution in [0.2, 0.25) is 0 Å². The summed E-state index contributed by atoms with van der Waals surface area (Å²) in [6.45, 7) is 12.9. The number of anilines is 1. The highest BCUT2D eigenvalue weighted by Crippen LogP contribution is 2.48. The van der Waals surface area contributed by atoms with E-state index in [-0.39, 0.29) is 14.9 Å². The third-order valence-corrected chi connectivity index (χ3v) is 10.8. The van der Waals surface area contributed by atoms with Gasteiger partial charge < -0.3 is 4.90 Å². The van der Waals surface area contributed by atoms with E-state index in [1.54, 1.807) is 19.1 Å². The molecule has 0 fully saturated rings. The molecule has 0 aliphatic carbocycles. The van der Waals surface area contributed by atoms with E-state index in [1.165, 1.54) is 36.0 Å². The Morgan fingerprint density at radius 2 is 1.52 bits per heavy atom. The van der Waals surface area contributed by atoms with Crippen LogP contribution in [0.3, 0.4) is 0 Å². The number of thioether (sulfide) groups is 1. The van der Waals surface area contributed by atoms with Crippen LogP contribution in [0.25, 0.3) is 0 Å². The number of rotatable bonds is 10. The molecule has 0 saturated heterocycles. The first-order valence-corrected chi connectivity index (χ1v) is 18.1. The monoisotopic (exact) mass is 659 g/mol. The van der Waals surface area contributed by atoms with Crippen molar-refractivity contribution >= 4 is 54.2 Å². The molecule has 2 aromatic rings. The molecule has 2 heterocycles. The summed E-state index contributed by atoms with van der Waals surface area (Å²) < 4.78 is 68.7. The molecule has 0 spiro atoms. The van der Waals surface area contributed by atoms with E-state index in [4.69, 9.17) is 0 Å².